The molecule has 2 aromatic rings. The van der Waals surface area contributed by atoms with Gasteiger partial charge in [0, 0.05) is 0 Å². The fraction of sp³-hybridized carbons (Fsp3) is 0.125. The molecule has 0 aliphatic carbocycles. The molecule has 4 nitrogen and oxygen atoms in total. The molecule has 0 aliphatic rings. The van der Waals surface area contributed by atoms with Crippen LogP contribution in [0.2, 0.25) is 0 Å². The molecule has 0 N–H and O–H groups in total. The van der Waals surface area contributed by atoms with Crippen molar-refractivity contribution in [1.29, 1.82) is 10.5 Å². The number of rotatable bonds is 5. The topological polar surface area (TPSA) is 66.0 Å². The SMILES string of the molecule is N#Cc1cccc(OCCOc2cccc(C#N)c2)c1. The van der Waals surface area contributed by atoms with Crippen LogP contribution in [0, 0.1) is 22.7 Å². The van der Waals surface area contributed by atoms with Gasteiger partial charge in [0.2, 0.25) is 0 Å². The van der Waals surface area contributed by atoms with Gasteiger partial charge in [0.1, 0.15) is 24.7 Å². The van der Waals surface area contributed by atoms with Crippen molar-refractivity contribution in [3.63, 3.8) is 0 Å². The molecule has 2 rings (SSSR count). The molecule has 4 heteroatoms. The second-order valence-corrected chi connectivity index (χ2v) is 3.98. The maximum atomic E-state index is 8.78. The summed E-state index contributed by atoms with van der Waals surface area (Å²) in [6.45, 7) is 0.733. The fourth-order valence-corrected chi connectivity index (χ4v) is 1.63. The predicted octanol–water partition coefficient (Wildman–Crippen LogP) is 2.89. The van der Waals surface area contributed by atoms with Crippen LogP contribution in [-0.4, -0.2) is 13.2 Å². The lowest BCUT2D eigenvalue weighted by Crippen LogP contribution is -2.09. The average molecular weight is 264 g/mol. The number of benzene rings is 2. The standard InChI is InChI=1S/C16H12N2O2/c17-11-13-3-1-5-15(9-13)19-7-8-20-16-6-2-4-14(10-16)12-18/h1-6,9-10H,7-8H2. The van der Waals surface area contributed by atoms with Gasteiger partial charge in [-0.1, -0.05) is 12.1 Å². The van der Waals surface area contributed by atoms with Crippen molar-refractivity contribution < 1.29 is 9.47 Å². The summed E-state index contributed by atoms with van der Waals surface area (Å²) >= 11 is 0. The van der Waals surface area contributed by atoms with Crippen molar-refractivity contribution in [1.82, 2.24) is 0 Å². The summed E-state index contributed by atoms with van der Waals surface area (Å²) in [5.41, 5.74) is 1.12. The van der Waals surface area contributed by atoms with Crippen LogP contribution in [0.25, 0.3) is 0 Å². The van der Waals surface area contributed by atoms with E-state index in [0.29, 0.717) is 35.8 Å². The van der Waals surface area contributed by atoms with Crippen LogP contribution in [0.5, 0.6) is 11.5 Å². The largest absolute Gasteiger partial charge is 0.490 e. The molecule has 0 spiro atoms. The molecule has 0 saturated heterocycles. The molecular formula is C16H12N2O2. The van der Waals surface area contributed by atoms with E-state index in [-0.39, 0.29) is 0 Å². The monoisotopic (exact) mass is 264 g/mol. The Balaban J connectivity index is 1.81. The number of nitriles is 2. The van der Waals surface area contributed by atoms with Gasteiger partial charge in [-0.15, -0.1) is 0 Å². The predicted molar refractivity (Wildman–Crippen MR) is 73.3 cm³/mol. The molecule has 0 atom stereocenters. The fourth-order valence-electron chi connectivity index (χ4n) is 1.63. The van der Waals surface area contributed by atoms with E-state index >= 15 is 0 Å². The molecule has 0 radical (unpaired) electrons. The highest BCUT2D eigenvalue weighted by atomic mass is 16.5. The van der Waals surface area contributed by atoms with Gasteiger partial charge in [-0.25, -0.2) is 0 Å². The zero-order valence-corrected chi connectivity index (χ0v) is 10.7. The Morgan fingerprint density at radius 2 is 1.20 bits per heavy atom. The Hall–Kier alpha value is -2.98. The quantitative estimate of drug-likeness (QED) is 0.779. The highest BCUT2D eigenvalue weighted by molar-refractivity contribution is 5.37. The van der Waals surface area contributed by atoms with Crippen molar-refractivity contribution in [2.45, 2.75) is 0 Å². The minimum absolute atomic E-state index is 0.367. The van der Waals surface area contributed by atoms with Crippen LogP contribution in [0.15, 0.2) is 48.5 Å². The van der Waals surface area contributed by atoms with E-state index in [1.54, 1.807) is 48.5 Å². The van der Waals surface area contributed by atoms with Gasteiger partial charge in [0.25, 0.3) is 0 Å². The minimum Gasteiger partial charge on any atom is -0.490 e. The zero-order chi connectivity index (χ0) is 14.2. The van der Waals surface area contributed by atoms with Crippen molar-refractivity contribution >= 4 is 0 Å². The van der Waals surface area contributed by atoms with E-state index in [9.17, 15) is 0 Å². The number of hydrogen-bond donors (Lipinski definition) is 0. The molecule has 0 aromatic heterocycles. The highest BCUT2D eigenvalue weighted by Gasteiger charge is 1.98. The molecule has 0 saturated carbocycles. The first kappa shape index (κ1) is 13.5. The van der Waals surface area contributed by atoms with Crippen LogP contribution in [0.1, 0.15) is 11.1 Å². The summed E-state index contributed by atoms with van der Waals surface area (Å²) in [5, 5.41) is 17.6. The first-order valence-electron chi connectivity index (χ1n) is 6.08. The first-order valence-corrected chi connectivity index (χ1v) is 6.08. The second kappa shape index (κ2) is 6.82. The van der Waals surface area contributed by atoms with Crippen LogP contribution < -0.4 is 9.47 Å². The Labute approximate surface area is 117 Å². The van der Waals surface area contributed by atoms with E-state index in [4.69, 9.17) is 20.0 Å². The molecule has 98 valence electrons. The smallest absolute Gasteiger partial charge is 0.122 e. The molecule has 0 fully saturated rings. The minimum atomic E-state index is 0.367. The lowest BCUT2D eigenvalue weighted by molar-refractivity contribution is 0.217. The van der Waals surface area contributed by atoms with Crippen molar-refractivity contribution in [3.05, 3.63) is 59.7 Å². The molecule has 0 amide bonds. The number of ether oxygens (including phenoxy) is 2. The Kier molecular flexibility index (Phi) is 4.59. The molecular weight excluding hydrogens is 252 g/mol. The van der Waals surface area contributed by atoms with Gasteiger partial charge in [0.15, 0.2) is 0 Å². The summed E-state index contributed by atoms with van der Waals surface area (Å²) in [4.78, 5) is 0. The van der Waals surface area contributed by atoms with E-state index in [0.717, 1.165) is 0 Å². The zero-order valence-electron chi connectivity index (χ0n) is 10.7. The van der Waals surface area contributed by atoms with E-state index in [2.05, 4.69) is 12.1 Å². The van der Waals surface area contributed by atoms with Gasteiger partial charge >= 0.3 is 0 Å². The maximum absolute atomic E-state index is 8.78. The summed E-state index contributed by atoms with van der Waals surface area (Å²) in [5.74, 6) is 1.27. The van der Waals surface area contributed by atoms with Gasteiger partial charge in [-0.05, 0) is 36.4 Å². The van der Waals surface area contributed by atoms with Crippen LogP contribution >= 0.6 is 0 Å². The Bertz CT molecular complexity index is 609. The normalized spacial score (nSPS) is 9.30. The van der Waals surface area contributed by atoms with Crippen molar-refractivity contribution in [2.75, 3.05) is 13.2 Å². The maximum Gasteiger partial charge on any atom is 0.122 e. The van der Waals surface area contributed by atoms with Gasteiger partial charge in [0.05, 0.1) is 23.3 Å². The third kappa shape index (κ3) is 3.76. The number of hydrogen-bond acceptors (Lipinski definition) is 4. The van der Waals surface area contributed by atoms with Crippen LogP contribution in [0.3, 0.4) is 0 Å². The molecule has 2 aromatic carbocycles. The second-order valence-electron chi connectivity index (χ2n) is 3.98. The number of nitrogens with zero attached hydrogens (tertiary/aromatic N) is 2. The summed E-state index contributed by atoms with van der Waals surface area (Å²) in [6.07, 6.45) is 0. The lowest BCUT2D eigenvalue weighted by atomic mass is 10.2. The van der Waals surface area contributed by atoms with E-state index in [1.807, 2.05) is 0 Å². The average Bonchev–Trinajstić information content (AvgIpc) is 2.52. The summed E-state index contributed by atoms with van der Waals surface area (Å²) < 4.78 is 11.0. The molecule has 20 heavy (non-hydrogen) atoms. The van der Waals surface area contributed by atoms with Crippen LogP contribution in [-0.2, 0) is 0 Å². The Morgan fingerprint density at radius 3 is 1.60 bits per heavy atom. The summed E-state index contributed by atoms with van der Waals surface area (Å²) in [6, 6.07) is 18.0. The van der Waals surface area contributed by atoms with Gasteiger partial charge in [-0.3, -0.25) is 0 Å². The third-order valence-corrected chi connectivity index (χ3v) is 2.55. The Morgan fingerprint density at radius 1 is 0.750 bits per heavy atom. The van der Waals surface area contributed by atoms with Crippen molar-refractivity contribution in [2.24, 2.45) is 0 Å². The van der Waals surface area contributed by atoms with Crippen molar-refractivity contribution in [3.8, 4) is 23.6 Å². The molecule has 0 heterocycles. The van der Waals surface area contributed by atoms with Crippen LogP contribution in [0.4, 0.5) is 0 Å². The van der Waals surface area contributed by atoms with Gasteiger partial charge in [-0.2, -0.15) is 10.5 Å². The highest BCUT2D eigenvalue weighted by Crippen LogP contribution is 2.14. The molecule has 0 unspecified atom stereocenters. The third-order valence-electron chi connectivity index (χ3n) is 2.55. The van der Waals surface area contributed by atoms with E-state index < -0.39 is 0 Å². The molecule has 0 bridgehead atoms. The summed E-state index contributed by atoms with van der Waals surface area (Å²) in [7, 11) is 0. The van der Waals surface area contributed by atoms with E-state index in [1.165, 1.54) is 0 Å². The van der Waals surface area contributed by atoms with Gasteiger partial charge < -0.3 is 9.47 Å². The first-order chi connectivity index (χ1) is 9.81. The molecule has 0 aliphatic heterocycles. The lowest BCUT2D eigenvalue weighted by Gasteiger charge is -2.08.